The van der Waals surface area contributed by atoms with Crippen molar-refractivity contribution in [3.05, 3.63) is 12.2 Å². The maximum atomic E-state index is 11.6. The van der Waals surface area contributed by atoms with E-state index in [1.54, 1.807) is 17.9 Å². The van der Waals surface area contributed by atoms with Crippen LogP contribution >= 0.6 is 0 Å². The van der Waals surface area contributed by atoms with Crippen molar-refractivity contribution in [2.75, 3.05) is 6.54 Å². The Bertz CT molecular complexity index is 515. The Labute approximate surface area is 120 Å². The molecule has 1 aromatic heterocycles. The van der Waals surface area contributed by atoms with Crippen LogP contribution in [0.1, 0.15) is 18.7 Å². The molecule has 0 radical (unpaired) electrons. The molecule has 0 bridgehead atoms. The number of rotatable bonds is 8. The van der Waals surface area contributed by atoms with E-state index in [0.29, 0.717) is 12.2 Å². The van der Waals surface area contributed by atoms with Gasteiger partial charge in [0.25, 0.3) is 0 Å². The predicted octanol–water partition coefficient (Wildman–Crippen LogP) is -1.62. The standard InChI is InChI=1S/C11H18N6O4/c1-17-6-14-16-9(17)4-5-13-11(21)15-7(10(19)20)2-3-8(12)18/h6-7H,2-5H2,1H3,(H2,12,18)(H,19,20)(H2,13,15,21)/t7-/m1/s1. The second-order valence-corrected chi connectivity index (χ2v) is 4.40. The average molecular weight is 298 g/mol. The van der Waals surface area contributed by atoms with E-state index in [1.165, 1.54) is 0 Å². The van der Waals surface area contributed by atoms with Gasteiger partial charge in [0.05, 0.1) is 0 Å². The zero-order valence-electron chi connectivity index (χ0n) is 11.6. The fraction of sp³-hybridized carbons (Fsp3) is 0.545. The van der Waals surface area contributed by atoms with Gasteiger partial charge in [-0.1, -0.05) is 0 Å². The quantitative estimate of drug-likeness (QED) is 0.452. The van der Waals surface area contributed by atoms with E-state index in [2.05, 4.69) is 20.8 Å². The normalized spacial score (nSPS) is 11.7. The molecule has 0 aliphatic rings. The van der Waals surface area contributed by atoms with E-state index < -0.39 is 23.9 Å². The number of nitrogens with zero attached hydrogens (tertiary/aromatic N) is 3. The molecule has 0 unspecified atom stereocenters. The first-order valence-corrected chi connectivity index (χ1v) is 6.28. The summed E-state index contributed by atoms with van der Waals surface area (Å²) >= 11 is 0. The lowest BCUT2D eigenvalue weighted by molar-refractivity contribution is -0.139. The Kier molecular flexibility index (Phi) is 6.11. The third-order valence-corrected chi connectivity index (χ3v) is 2.72. The Morgan fingerprint density at radius 1 is 1.48 bits per heavy atom. The minimum Gasteiger partial charge on any atom is -0.480 e. The number of hydrogen-bond acceptors (Lipinski definition) is 5. The average Bonchev–Trinajstić information content (AvgIpc) is 2.79. The monoisotopic (exact) mass is 298 g/mol. The van der Waals surface area contributed by atoms with Gasteiger partial charge in [-0.05, 0) is 6.42 Å². The van der Waals surface area contributed by atoms with Gasteiger partial charge in [-0.15, -0.1) is 10.2 Å². The highest BCUT2D eigenvalue weighted by Gasteiger charge is 2.20. The van der Waals surface area contributed by atoms with Crippen LogP contribution in [0.2, 0.25) is 0 Å². The minimum atomic E-state index is -1.22. The van der Waals surface area contributed by atoms with E-state index in [4.69, 9.17) is 10.8 Å². The van der Waals surface area contributed by atoms with Gasteiger partial charge in [0, 0.05) is 26.4 Å². The molecule has 10 heteroatoms. The van der Waals surface area contributed by atoms with Crippen LogP contribution in [-0.4, -0.2) is 50.4 Å². The topological polar surface area (TPSA) is 152 Å². The molecule has 0 saturated heterocycles. The number of carboxylic acids is 1. The summed E-state index contributed by atoms with van der Waals surface area (Å²) in [5, 5.41) is 21.2. The molecule has 0 aliphatic heterocycles. The Hall–Kier alpha value is -2.65. The molecule has 1 aromatic rings. The third kappa shape index (κ3) is 5.89. The van der Waals surface area contributed by atoms with Crippen molar-refractivity contribution < 1.29 is 19.5 Å². The van der Waals surface area contributed by atoms with Crippen molar-refractivity contribution in [3.8, 4) is 0 Å². The summed E-state index contributed by atoms with van der Waals surface area (Å²) in [5.41, 5.74) is 4.94. The van der Waals surface area contributed by atoms with Gasteiger partial charge in [-0.25, -0.2) is 9.59 Å². The number of aromatic nitrogens is 3. The van der Waals surface area contributed by atoms with Crippen LogP contribution in [-0.2, 0) is 23.1 Å². The lowest BCUT2D eigenvalue weighted by Crippen LogP contribution is -2.46. The van der Waals surface area contributed by atoms with Gasteiger partial charge >= 0.3 is 12.0 Å². The van der Waals surface area contributed by atoms with Crippen molar-refractivity contribution in [1.82, 2.24) is 25.4 Å². The van der Waals surface area contributed by atoms with Gasteiger partial charge in [0.2, 0.25) is 5.91 Å². The zero-order chi connectivity index (χ0) is 15.8. The van der Waals surface area contributed by atoms with Crippen LogP contribution in [0.15, 0.2) is 6.33 Å². The van der Waals surface area contributed by atoms with E-state index in [9.17, 15) is 14.4 Å². The molecular formula is C11H18N6O4. The molecule has 5 N–H and O–H groups in total. The number of urea groups is 1. The lowest BCUT2D eigenvalue weighted by Gasteiger charge is -2.14. The van der Waals surface area contributed by atoms with Gasteiger partial charge < -0.3 is 26.0 Å². The molecule has 3 amide bonds. The molecule has 0 aromatic carbocycles. The summed E-state index contributed by atoms with van der Waals surface area (Å²) in [6.45, 7) is 0.278. The van der Waals surface area contributed by atoms with Crippen LogP contribution in [0.5, 0.6) is 0 Å². The number of amides is 3. The summed E-state index contributed by atoms with van der Waals surface area (Å²) in [4.78, 5) is 33.1. The molecule has 1 atom stereocenters. The second-order valence-electron chi connectivity index (χ2n) is 4.40. The highest BCUT2D eigenvalue weighted by molar-refractivity contribution is 5.83. The van der Waals surface area contributed by atoms with Crippen molar-refractivity contribution in [3.63, 3.8) is 0 Å². The van der Waals surface area contributed by atoms with Crippen molar-refractivity contribution >= 4 is 17.9 Å². The van der Waals surface area contributed by atoms with Gasteiger partial charge in [0.15, 0.2) is 0 Å². The number of nitrogens with one attached hydrogen (secondary N) is 2. The molecule has 0 fully saturated rings. The highest BCUT2D eigenvalue weighted by Crippen LogP contribution is 1.97. The Morgan fingerprint density at radius 2 is 2.19 bits per heavy atom. The van der Waals surface area contributed by atoms with Crippen LogP contribution in [0.4, 0.5) is 4.79 Å². The molecule has 10 nitrogen and oxygen atoms in total. The van der Waals surface area contributed by atoms with E-state index >= 15 is 0 Å². The zero-order valence-corrected chi connectivity index (χ0v) is 11.6. The fourth-order valence-corrected chi connectivity index (χ4v) is 1.57. The molecule has 1 rings (SSSR count). The number of primary amides is 1. The summed E-state index contributed by atoms with van der Waals surface area (Å²) < 4.78 is 1.71. The fourth-order valence-electron chi connectivity index (χ4n) is 1.57. The molecular weight excluding hydrogens is 280 g/mol. The number of hydrogen-bond donors (Lipinski definition) is 4. The van der Waals surface area contributed by atoms with Crippen molar-refractivity contribution in [1.29, 1.82) is 0 Å². The number of carbonyl (C=O) groups excluding carboxylic acids is 2. The number of aryl methyl sites for hydroxylation is 1. The van der Waals surface area contributed by atoms with Crippen LogP contribution in [0.25, 0.3) is 0 Å². The van der Waals surface area contributed by atoms with Gasteiger partial charge in [-0.2, -0.15) is 0 Å². The summed E-state index contributed by atoms with van der Waals surface area (Å²) in [5.74, 6) is -1.15. The van der Waals surface area contributed by atoms with Crippen LogP contribution < -0.4 is 16.4 Å². The summed E-state index contributed by atoms with van der Waals surface area (Å²) in [6, 6.07) is -1.79. The van der Waals surface area contributed by atoms with Gasteiger partial charge in [-0.3, -0.25) is 4.79 Å². The number of carboxylic acid groups (broad SMARTS) is 1. The number of carbonyl (C=O) groups is 3. The Balaban J connectivity index is 2.34. The first-order valence-electron chi connectivity index (χ1n) is 6.28. The summed E-state index contributed by atoms with van der Waals surface area (Å²) in [7, 11) is 1.78. The van der Waals surface area contributed by atoms with E-state index in [1.807, 2.05) is 0 Å². The maximum Gasteiger partial charge on any atom is 0.326 e. The van der Waals surface area contributed by atoms with Crippen molar-refractivity contribution in [2.24, 2.45) is 12.8 Å². The molecule has 0 saturated carbocycles. The molecule has 21 heavy (non-hydrogen) atoms. The van der Waals surface area contributed by atoms with Crippen LogP contribution in [0.3, 0.4) is 0 Å². The van der Waals surface area contributed by atoms with E-state index in [0.717, 1.165) is 0 Å². The number of nitrogens with two attached hydrogens (primary N) is 1. The Morgan fingerprint density at radius 3 is 2.71 bits per heavy atom. The number of aliphatic carboxylic acids is 1. The second kappa shape index (κ2) is 7.82. The third-order valence-electron chi connectivity index (χ3n) is 2.72. The minimum absolute atomic E-state index is 0.0542. The van der Waals surface area contributed by atoms with Gasteiger partial charge in [0.1, 0.15) is 18.2 Å². The lowest BCUT2D eigenvalue weighted by atomic mass is 10.1. The first-order chi connectivity index (χ1) is 9.90. The molecule has 116 valence electrons. The molecule has 0 aliphatic carbocycles. The van der Waals surface area contributed by atoms with Crippen LogP contribution in [0, 0.1) is 0 Å². The highest BCUT2D eigenvalue weighted by atomic mass is 16.4. The largest absolute Gasteiger partial charge is 0.480 e. The summed E-state index contributed by atoms with van der Waals surface area (Å²) in [6.07, 6.45) is 1.83. The smallest absolute Gasteiger partial charge is 0.326 e. The molecule has 0 spiro atoms. The maximum absolute atomic E-state index is 11.6. The van der Waals surface area contributed by atoms with Crippen molar-refractivity contribution in [2.45, 2.75) is 25.3 Å². The van der Waals surface area contributed by atoms with E-state index in [-0.39, 0.29) is 19.4 Å². The first kappa shape index (κ1) is 16.4. The molecule has 1 heterocycles. The predicted molar refractivity (Wildman–Crippen MR) is 71.1 cm³/mol. The SMILES string of the molecule is Cn1cnnc1CCNC(=O)N[C@H](CCC(N)=O)C(=O)O.